The molecule has 13 heteroatoms. The van der Waals surface area contributed by atoms with E-state index in [2.05, 4.69) is 4.98 Å². The van der Waals surface area contributed by atoms with Gasteiger partial charge in [-0.05, 0) is 18.1 Å². The van der Waals surface area contributed by atoms with E-state index in [0.717, 1.165) is 17.7 Å². The Bertz CT molecular complexity index is 800. The van der Waals surface area contributed by atoms with Gasteiger partial charge in [0, 0.05) is 50.1 Å². The summed E-state index contributed by atoms with van der Waals surface area (Å²) >= 11 is 1.84. The molecule has 0 saturated carbocycles. The second-order valence-electron chi connectivity index (χ2n) is 6.85. The predicted molar refractivity (Wildman–Crippen MR) is 100 cm³/mol. The number of carboxylic acids is 1. The van der Waals surface area contributed by atoms with Crippen LogP contribution < -0.4 is 0 Å². The molecular formula is C16H22F3N3O5S2. The molecule has 0 radical (unpaired) electrons. The molecule has 2 aliphatic rings. The summed E-state index contributed by atoms with van der Waals surface area (Å²) in [6.07, 6.45) is -0.420. The summed E-state index contributed by atoms with van der Waals surface area (Å²) in [5.74, 6) is -1.83. The van der Waals surface area contributed by atoms with Crippen LogP contribution >= 0.6 is 11.8 Å². The van der Waals surface area contributed by atoms with Gasteiger partial charge in [-0.15, -0.1) is 11.8 Å². The molecule has 8 nitrogen and oxygen atoms in total. The fraction of sp³-hybridized carbons (Fsp3) is 0.625. The maximum Gasteiger partial charge on any atom is 0.490 e. The molecule has 0 aliphatic carbocycles. The average molecular weight is 457 g/mol. The highest BCUT2D eigenvalue weighted by atomic mass is 32.2. The SMILES string of the molecule is CN(C)S(=O)(=O)N1CC2(CC(OCc3cccnc3)CS2)C1.O=C(O)C(F)(F)F. The minimum absolute atomic E-state index is 0.0443. The summed E-state index contributed by atoms with van der Waals surface area (Å²) in [5, 5.41) is 7.12. The molecule has 0 amide bonds. The molecule has 164 valence electrons. The first-order valence-electron chi connectivity index (χ1n) is 8.48. The number of carboxylic acid groups (broad SMARTS) is 1. The van der Waals surface area contributed by atoms with E-state index >= 15 is 0 Å². The van der Waals surface area contributed by atoms with Crippen molar-refractivity contribution in [3.63, 3.8) is 0 Å². The zero-order valence-electron chi connectivity index (χ0n) is 15.8. The molecule has 2 aliphatic heterocycles. The number of hydrogen-bond acceptors (Lipinski definition) is 6. The number of carbonyl (C=O) groups is 1. The first-order valence-corrected chi connectivity index (χ1v) is 10.9. The maximum absolute atomic E-state index is 12.0. The van der Waals surface area contributed by atoms with E-state index in [-0.39, 0.29) is 10.9 Å². The Balaban J connectivity index is 0.000000370. The number of pyridine rings is 1. The molecule has 3 rings (SSSR count). The molecule has 0 aromatic carbocycles. The van der Waals surface area contributed by atoms with Crippen molar-refractivity contribution >= 4 is 27.9 Å². The van der Waals surface area contributed by atoms with E-state index in [1.807, 2.05) is 30.1 Å². The molecule has 1 aromatic rings. The molecule has 1 unspecified atom stereocenters. The summed E-state index contributed by atoms with van der Waals surface area (Å²) in [5.41, 5.74) is 1.07. The number of hydrogen-bond donors (Lipinski definition) is 1. The smallest absolute Gasteiger partial charge is 0.475 e. The molecule has 1 aromatic heterocycles. The number of thioether (sulfide) groups is 1. The lowest BCUT2D eigenvalue weighted by molar-refractivity contribution is -0.192. The molecule has 1 N–H and O–H groups in total. The molecular weight excluding hydrogens is 435 g/mol. The van der Waals surface area contributed by atoms with E-state index in [0.29, 0.717) is 19.7 Å². The van der Waals surface area contributed by atoms with Crippen LogP contribution in [-0.4, -0.2) is 83.1 Å². The third-order valence-corrected chi connectivity index (χ3v) is 7.75. The van der Waals surface area contributed by atoms with Crippen LogP contribution in [0.5, 0.6) is 0 Å². The fourth-order valence-electron chi connectivity index (χ4n) is 2.82. The number of aromatic nitrogens is 1. The van der Waals surface area contributed by atoms with E-state index < -0.39 is 22.4 Å². The highest BCUT2D eigenvalue weighted by Gasteiger charge is 2.53. The van der Waals surface area contributed by atoms with Gasteiger partial charge >= 0.3 is 12.1 Å². The van der Waals surface area contributed by atoms with Crippen LogP contribution in [0.25, 0.3) is 0 Å². The second kappa shape index (κ2) is 9.16. The summed E-state index contributed by atoms with van der Waals surface area (Å²) < 4.78 is 64.6. The topological polar surface area (TPSA) is 100 Å². The number of aliphatic carboxylic acids is 1. The van der Waals surface area contributed by atoms with Crippen molar-refractivity contribution in [1.82, 2.24) is 13.6 Å². The van der Waals surface area contributed by atoms with Crippen LogP contribution in [0.15, 0.2) is 24.5 Å². The van der Waals surface area contributed by atoms with E-state index in [1.165, 1.54) is 4.31 Å². The second-order valence-corrected chi connectivity index (χ2v) is 10.5. The Kier molecular flexibility index (Phi) is 7.54. The van der Waals surface area contributed by atoms with Gasteiger partial charge in [0.05, 0.1) is 12.7 Å². The standard InChI is InChI=1S/C14H21N3O3S2.C2HF3O2/c1-16(2)22(18,19)17-10-14(11-17)6-13(9-21-14)20-8-12-4-3-5-15-7-12;3-2(4,5)1(6)7/h3-5,7,13H,6,8-11H2,1-2H3;(H,6,7). The van der Waals surface area contributed by atoms with Crippen LogP contribution in [0.4, 0.5) is 13.2 Å². The lowest BCUT2D eigenvalue weighted by Gasteiger charge is -2.46. The third-order valence-electron chi connectivity index (χ3n) is 4.34. The molecule has 29 heavy (non-hydrogen) atoms. The van der Waals surface area contributed by atoms with Gasteiger partial charge in [-0.2, -0.15) is 30.2 Å². The monoisotopic (exact) mass is 457 g/mol. The molecule has 2 fully saturated rings. The number of rotatable bonds is 5. The van der Waals surface area contributed by atoms with E-state index in [4.69, 9.17) is 14.6 Å². The van der Waals surface area contributed by atoms with Crippen molar-refractivity contribution < 1.29 is 36.2 Å². The van der Waals surface area contributed by atoms with Crippen LogP contribution in [0.3, 0.4) is 0 Å². The van der Waals surface area contributed by atoms with Crippen molar-refractivity contribution in [3.8, 4) is 0 Å². The molecule has 2 saturated heterocycles. The minimum Gasteiger partial charge on any atom is -0.475 e. The molecule has 1 spiro atoms. The van der Waals surface area contributed by atoms with Crippen molar-refractivity contribution in [3.05, 3.63) is 30.1 Å². The first kappa shape index (κ1) is 23.9. The fourth-order valence-corrected chi connectivity index (χ4v) is 5.82. The van der Waals surface area contributed by atoms with Crippen LogP contribution in [0.2, 0.25) is 0 Å². The van der Waals surface area contributed by atoms with Crippen molar-refractivity contribution in [1.29, 1.82) is 0 Å². The van der Waals surface area contributed by atoms with E-state index in [9.17, 15) is 21.6 Å². The first-order chi connectivity index (χ1) is 13.4. The van der Waals surface area contributed by atoms with Crippen molar-refractivity contribution in [2.45, 2.75) is 30.1 Å². The summed E-state index contributed by atoms with van der Waals surface area (Å²) in [4.78, 5) is 13.0. The number of alkyl halides is 3. The average Bonchev–Trinajstić information content (AvgIpc) is 3.04. The highest BCUT2D eigenvalue weighted by Crippen LogP contribution is 2.47. The largest absolute Gasteiger partial charge is 0.490 e. The van der Waals surface area contributed by atoms with Crippen LogP contribution in [0, 0.1) is 0 Å². The molecule has 3 heterocycles. The van der Waals surface area contributed by atoms with Gasteiger partial charge in [0.25, 0.3) is 10.2 Å². The number of halogens is 3. The van der Waals surface area contributed by atoms with Gasteiger partial charge in [-0.3, -0.25) is 4.98 Å². The van der Waals surface area contributed by atoms with Crippen LogP contribution in [0.1, 0.15) is 12.0 Å². The Hall–Kier alpha value is -1.41. The van der Waals surface area contributed by atoms with Gasteiger partial charge in [-0.25, -0.2) is 4.79 Å². The van der Waals surface area contributed by atoms with Gasteiger partial charge < -0.3 is 9.84 Å². The van der Waals surface area contributed by atoms with Crippen LogP contribution in [-0.2, 0) is 26.3 Å². The Morgan fingerprint density at radius 2 is 2.07 bits per heavy atom. The zero-order chi connectivity index (χ0) is 21.9. The summed E-state index contributed by atoms with van der Waals surface area (Å²) in [7, 11) is -0.129. The Morgan fingerprint density at radius 1 is 1.45 bits per heavy atom. The summed E-state index contributed by atoms with van der Waals surface area (Å²) in [6.45, 7) is 1.74. The quantitative estimate of drug-likeness (QED) is 0.717. The highest BCUT2D eigenvalue weighted by molar-refractivity contribution is 8.01. The van der Waals surface area contributed by atoms with Gasteiger partial charge in [0.15, 0.2) is 0 Å². The Morgan fingerprint density at radius 3 is 2.55 bits per heavy atom. The van der Waals surface area contributed by atoms with Gasteiger partial charge in [0.1, 0.15) is 0 Å². The zero-order valence-corrected chi connectivity index (χ0v) is 17.4. The molecule has 0 bridgehead atoms. The van der Waals surface area contributed by atoms with Crippen molar-refractivity contribution in [2.75, 3.05) is 32.9 Å². The lowest BCUT2D eigenvalue weighted by atomic mass is 9.95. The predicted octanol–water partition coefficient (Wildman–Crippen LogP) is 1.60. The number of nitrogens with zero attached hydrogens (tertiary/aromatic N) is 3. The minimum atomic E-state index is -5.08. The number of ether oxygens (including phenoxy) is 1. The molecule has 1 atom stereocenters. The maximum atomic E-state index is 12.0. The Labute approximate surface area is 171 Å². The van der Waals surface area contributed by atoms with Gasteiger partial charge in [-0.1, -0.05) is 6.07 Å². The van der Waals surface area contributed by atoms with Gasteiger partial charge in [0.2, 0.25) is 0 Å². The summed E-state index contributed by atoms with van der Waals surface area (Å²) in [6, 6.07) is 3.90. The van der Waals surface area contributed by atoms with Crippen molar-refractivity contribution in [2.24, 2.45) is 0 Å². The van der Waals surface area contributed by atoms with E-state index in [1.54, 1.807) is 24.6 Å². The normalized spacial score (nSPS) is 21.5. The lowest BCUT2D eigenvalue weighted by Crippen LogP contribution is -2.62. The third kappa shape index (κ3) is 6.28.